The van der Waals surface area contributed by atoms with Crippen LogP contribution >= 0.6 is 11.8 Å². The first-order valence-corrected chi connectivity index (χ1v) is 6.95. The summed E-state index contributed by atoms with van der Waals surface area (Å²) in [4.78, 5) is 13.6. The van der Waals surface area contributed by atoms with Gasteiger partial charge in [-0.05, 0) is 29.9 Å². The Kier molecular flexibility index (Phi) is 4.48. The molecule has 1 amide bonds. The minimum absolute atomic E-state index is 0.165. The number of thioether (sulfide) groups is 1. The fourth-order valence-corrected chi connectivity index (χ4v) is 3.01. The van der Waals surface area contributed by atoms with Gasteiger partial charge in [-0.2, -0.15) is 0 Å². The fraction of sp³-hybridized carbons (Fsp3) is 0.769. The zero-order valence-corrected chi connectivity index (χ0v) is 11.9. The lowest BCUT2D eigenvalue weighted by Crippen LogP contribution is -2.30. The highest BCUT2D eigenvalue weighted by atomic mass is 32.2. The number of amides is 1. The van der Waals surface area contributed by atoms with E-state index in [-0.39, 0.29) is 5.24 Å². The van der Waals surface area contributed by atoms with E-state index in [0.717, 1.165) is 12.2 Å². The van der Waals surface area contributed by atoms with E-state index in [0.29, 0.717) is 11.3 Å². The van der Waals surface area contributed by atoms with E-state index in [9.17, 15) is 4.79 Å². The van der Waals surface area contributed by atoms with Gasteiger partial charge in [-0.1, -0.05) is 45.5 Å². The third-order valence-corrected chi connectivity index (χ3v) is 3.79. The summed E-state index contributed by atoms with van der Waals surface area (Å²) in [5.41, 5.74) is 1.50. The maximum atomic E-state index is 11.8. The van der Waals surface area contributed by atoms with E-state index < -0.39 is 0 Å². The third kappa shape index (κ3) is 3.55. The van der Waals surface area contributed by atoms with Crippen molar-refractivity contribution in [1.29, 1.82) is 0 Å². The van der Waals surface area contributed by atoms with Gasteiger partial charge in [-0.25, -0.2) is 0 Å². The normalized spacial score (nSPS) is 23.8. The quantitative estimate of drug-likeness (QED) is 0.724. The molecular formula is C13H23NOS. The monoisotopic (exact) mass is 241 g/mol. The smallest absolute Gasteiger partial charge is 0.285 e. The van der Waals surface area contributed by atoms with Crippen LogP contribution in [0, 0.1) is 11.3 Å². The molecule has 92 valence electrons. The first-order chi connectivity index (χ1) is 7.35. The average molecular weight is 241 g/mol. The molecule has 0 aromatic heterocycles. The second-order valence-corrected chi connectivity index (χ2v) is 6.65. The van der Waals surface area contributed by atoms with Crippen LogP contribution in [0.5, 0.6) is 0 Å². The molecule has 1 unspecified atom stereocenters. The second-order valence-electron chi connectivity index (χ2n) is 5.44. The molecule has 0 bridgehead atoms. The van der Waals surface area contributed by atoms with Crippen molar-refractivity contribution in [1.82, 2.24) is 4.90 Å². The Hall–Kier alpha value is -0.440. The molecule has 16 heavy (non-hydrogen) atoms. The molecule has 3 heteroatoms. The number of hydrogen-bond donors (Lipinski definition) is 0. The summed E-state index contributed by atoms with van der Waals surface area (Å²) in [7, 11) is 1.89. The van der Waals surface area contributed by atoms with Gasteiger partial charge in [0.25, 0.3) is 5.24 Å². The Labute approximate surface area is 103 Å². The zero-order chi connectivity index (χ0) is 12.3. The Morgan fingerprint density at radius 3 is 2.75 bits per heavy atom. The van der Waals surface area contributed by atoms with Gasteiger partial charge >= 0.3 is 0 Å². The van der Waals surface area contributed by atoms with E-state index in [1.165, 1.54) is 23.9 Å². The molecule has 0 aliphatic heterocycles. The highest BCUT2D eigenvalue weighted by Gasteiger charge is 2.29. The molecule has 0 fully saturated rings. The molecule has 0 aromatic rings. The van der Waals surface area contributed by atoms with Gasteiger partial charge in [0.1, 0.15) is 0 Å². The lowest BCUT2D eigenvalue weighted by atomic mass is 9.75. The molecule has 0 heterocycles. The van der Waals surface area contributed by atoms with Crippen LogP contribution in [0.3, 0.4) is 0 Å². The highest BCUT2D eigenvalue weighted by Crippen LogP contribution is 2.39. The summed E-state index contributed by atoms with van der Waals surface area (Å²) in [6.07, 6.45) is 4.46. The van der Waals surface area contributed by atoms with Crippen molar-refractivity contribution in [3.63, 3.8) is 0 Å². The van der Waals surface area contributed by atoms with Crippen molar-refractivity contribution in [2.24, 2.45) is 11.3 Å². The molecule has 0 radical (unpaired) electrons. The Morgan fingerprint density at radius 1 is 1.62 bits per heavy atom. The van der Waals surface area contributed by atoms with Crippen LogP contribution < -0.4 is 0 Å². The molecule has 1 rings (SSSR count). The van der Waals surface area contributed by atoms with Crippen LogP contribution in [0.1, 0.15) is 40.5 Å². The fourth-order valence-electron chi connectivity index (χ4n) is 2.45. The summed E-state index contributed by atoms with van der Waals surface area (Å²) in [6.45, 7) is 8.80. The maximum absolute atomic E-state index is 11.8. The molecule has 1 aliphatic rings. The van der Waals surface area contributed by atoms with E-state index >= 15 is 0 Å². The maximum Gasteiger partial charge on any atom is 0.285 e. The summed E-state index contributed by atoms with van der Waals surface area (Å²) < 4.78 is 0. The van der Waals surface area contributed by atoms with Gasteiger partial charge in [0.2, 0.25) is 0 Å². The number of hydrogen-bond acceptors (Lipinski definition) is 2. The highest BCUT2D eigenvalue weighted by molar-refractivity contribution is 8.13. The van der Waals surface area contributed by atoms with Gasteiger partial charge in [0.05, 0.1) is 0 Å². The molecule has 0 spiro atoms. The second kappa shape index (κ2) is 5.26. The van der Waals surface area contributed by atoms with Gasteiger partial charge in [-0.3, -0.25) is 4.79 Å². The molecule has 0 saturated heterocycles. The number of nitrogens with zero attached hydrogens (tertiary/aromatic N) is 1. The Balaban J connectivity index is 2.76. The predicted molar refractivity (Wildman–Crippen MR) is 71.6 cm³/mol. The van der Waals surface area contributed by atoms with Gasteiger partial charge in [0.15, 0.2) is 0 Å². The average Bonchev–Trinajstić information content (AvgIpc) is 2.13. The summed E-state index contributed by atoms with van der Waals surface area (Å²) in [5.74, 6) is 1.41. The van der Waals surface area contributed by atoms with Crippen molar-refractivity contribution < 1.29 is 4.79 Å². The standard InChI is InChI=1S/C13H23NOS/c1-6-16-12(15)14(5)11-7-10(2)8-13(3,4)9-11/h7,10H,6,8-9H2,1-5H3. The number of carbonyl (C=O) groups excluding carboxylic acids is 1. The first-order valence-electron chi connectivity index (χ1n) is 5.97. The molecule has 1 atom stereocenters. The van der Waals surface area contributed by atoms with Crippen LogP contribution in [0.25, 0.3) is 0 Å². The minimum Gasteiger partial charge on any atom is -0.310 e. The minimum atomic E-state index is 0.165. The molecule has 1 aliphatic carbocycles. The summed E-state index contributed by atoms with van der Waals surface area (Å²) in [5, 5.41) is 0.165. The largest absolute Gasteiger partial charge is 0.310 e. The van der Waals surface area contributed by atoms with Gasteiger partial charge in [-0.15, -0.1) is 0 Å². The van der Waals surface area contributed by atoms with Crippen LogP contribution in [0.2, 0.25) is 0 Å². The SMILES string of the molecule is CCSC(=O)N(C)C1=CC(C)CC(C)(C)C1. The van der Waals surface area contributed by atoms with Crippen LogP contribution in [0.15, 0.2) is 11.8 Å². The van der Waals surface area contributed by atoms with Crippen molar-refractivity contribution in [2.75, 3.05) is 12.8 Å². The number of carbonyl (C=O) groups is 1. The number of rotatable bonds is 2. The van der Waals surface area contributed by atoms with Crippen LogP contribution in [-0.4, -0.2) is 22.9 Å². The molecule has 2 nitrogen and oxygen atoms in total. The van der Waals surface area contributed by atoms with E-state index in [1.54, 1.807) is 0 Å². The van der Waals surface area contributed by atoms with E-state index in [2.05, 4.69) is 26.8 Å². The molecule has 0 saturated carbocycles. The van der Waals surface area contributed by atoms with Crippen molar-refractivity contribution in [3.8, 4) is 0 Å². The molecule has 0 N–H and O–H groups in total. The van der Waals surface area contributed by atoms with Gasteiger partial charge < -0.3 is 4.90 Å². The first kappa shape index (κ1) is 13.6. The third-order valence-electron chi connectivity index (χ3n) is 2.98. The zero-order valence-electron chi connectivity index (χ0n) is 11.0. The molecule has 0 aromatic carbocycles. The van der Waals surface area contributed by atoms with Crippen molar-refractivity contribution >= 4 is 17.0 Å². The lowest BCUT2D eigenvalue weighted by Gasteiger charge is -2.36. The summed E-state index contributed by atoms with van der Waals surface area (Å²) in [6, 6.07) is 0. The van der Waals surface area contributed by atoms with Crippen LogP contribution in [-0.2, 0) is 0 Å². The Morgan fingerprint density at radius 2 is 2.25 bits per heavy atom. The number of allylic oxidation sites excluding steroid dienone is 2. The van der Waals surface area contributed by atoms with Crippen molar-refractivity contribution in [3.05, 3.63) is 11.8 Å². The van der Waals surface area contributed by atoms with E-state index in [4.69, 9.17) is 0 Å². The Bertz CT molecular complexity index is 296. The van der Waals surface area contributed by atoms with Gasteiger partial charge in [0, 0.05) is 12.7 Å². The lowest BCUT2D eigenvalue weighted by molar-refractivity contribution is 0.223. The van der Waals surface area contributed by atoms with Crippen LogP contribution in [0.4, 0.5) is 4.79 Å². The van der Waals surface area contributed by atoms with E-state index in [1.807, 2.05) is 18.9 Å². The predicted octanol–water partition coefficient (Wildman–Crippen LogP) is 4.13. The van der Waals surface area contributed by atoms with Crippen molar-refractivity contribution in [2.45, 2.75) is 40.5 Å². The summed E-state index contributed by atoms with van der Waals surface area (Å²) >= 11 is 1.38. The molecular weight excluding hydrogens is 218 g/mol. The topological polar surface area (TPSA) is 20.3 Å².